The Morgan fingerprint density at radius 1 is 1.03 bits per heavy atom. The standard InChI is InChI=1S/C25H26IN3O3/c1-16-3-4-17(2)29(16)25(31)22-15-32-24(28-22)20-9-5-19(6-10-20)14-27-23(30)13-18-7-11-21(26)12-8-18/h5-12,15-17H,3-4,13-14H2,1-2H3,(H,27,30)/t16-,17-/m0/s1. The van der Waals surface area contributed by atoms with Gasteiger partial charge in [0.1, 0.15) is 6.26 Å². The van der Waals surface area contributed by atoms with Gasteiger partial charge in [0.2, 0.25) is 11.8 Å². The Bertz CT molecular complexity index is 1080. The molecule has 0 spiro atoms. The molecule has 0 radical (unpaired) electrons. The highest BCUT2D eigenvalue weighted by Crippen LogP contribution is 2.27. The van der Waals surface area contributed by atoms with Crippen LogP contribution in [0.25, 0.3) is 11.5 Å². The molecule has 0 bridgehead atoms. The van der Waals surface area contributed by atoms with E-state index in [2.05, 4.69) is 46.7 Å². The molecule has 0 aliphatic carbocycles. The third-order valence-corrected chi connectivity index (χ3v) is 6.60. The molecule has 1 aliphatic heterocycles. The van der Waals surface area contributed by atoms with Crippen LogP contribution in [-0.2, 0) is 17.8 Å². The molecule has 166 valence electrons. The third-order valence-electron chi connectivity index (χ3n) is 5.88. The molecule has 2 atom stereocenters. The number of aromatic nitrogens is 1. The molecular formula is C25H26IN3O3. The molecule has 2 aromatic carbocycles. The van der Waals surface area contributed by atoms with Gasteiger partial charge in [-0.25, -0.2) is 4.98 Å². The second kappa shape index (κ2) is 9.85. The van der Waals surface area contributed by atoms with Crippen molar-refractivity contribution >= 4 is 34.4 Å². The Morgan fingerprint density at radius 3 is 2.31 bits per heavy atom. The highest BCUT2D eigenvalue weighted by molar-refractivity contribution is 14.1. The predicted octanol–water partition coefficient (Wildman–Crippen LogP) is 4.82. The molecule has 1 saturated heterocycles. The van der Waals surface area contributed by atoms with E-state index in [-0.39, 0.29) is 23.9 Å². The summed E-state index contributed by atoms with van der Waals surface area (Å²) in [5, 5.41) is 2.95. The third kappa shape index (κ3) is 5.20. The minimum atomic E-state index is -0.0787. The van der Waals surface area contributed by atoms with Crippen LogP contribution in [0.15, 0.2) is 59.2 Å². The van der Waals surface area contributed by atoms with E-state index in [0.29, 0.717) is 24.6 Å². The van der Waals surface area contributed by atoms with E-state index < -0.39 is 0 Å². The van der Waals surface area contributed by atoms with Gasteiger partial charge in [0.25, 0.3) is 5.91 Å². The summed E-state index contributed by atoms with van der Waals surface area (Å²) < 4.78 is 6.73. The molecule has 4 rings (SSSR count). The molecular weight excluding hydrogens is 517 g/mol. The van der Waals surface area contributed by atoms with E-state index in [9.17, 15) is 9.59 Å². The number of benzene rings is 2. The lowest BCUT2D eigenvalue weighted by Crippen LogP contribution is -2.38. The van der Waals surface area contributed by atoms with E-state index >= 15 is 0 Å². The number of nitrogens with one attached hydrogen (secondary N) is 1. The molecule has 7 heteroatoms. The zero-order valence-electron chi connectivity index (χ0n) is 18.2. The van der Waals surface area contributed by atoms with E-state index in [4.69, 9.17) is 4.42 Å². The summed E-state index contributed by atoms with van der Waals surface area (Å²) in [6.07, 6.45) is 3.82. The van der Waals surface area contributed by atoms with Gasteiger partial charge in [-0.2, -0.15) is 0 Å². The van der Waals surface area contributed by atoms with Gasteiger partial charge >= 0.3 is 0 Å². The van der Waals surface area contributed by atoms with Gasteiger partial charge in [-0.1, -0.05) is 24.3 Å². The van der Waals surface area contributed by atoms with Gasteiger partial charge in [0.15, 0.2) is 5.69 Å². The van der Waals surface area contributed by atoms with E-state index in [1.54, 1.807) is 0 Å². The number of likely N-dealkylation sites (tertiary alicyclic amines) is 1. The van der Waals surface area contributed by atoms with Crippen LogP contribution in [0.2, 0.25) is 0 Å². The Hall–Kier alpha value is -2.68. The van der Waals surface area contributed by atoms with Gasteiger partial charge in [-0.3, -0.25) is 9.59 Å². The van der Waals surface area contributed by atoms with E-state index in [0.717, 1.165) is 33.1 Å². The first-order valence-electron chi connectivity index (χ1n) is 10.8. The quantitative estimate of drug-likeness (QED) is 0.453. The van der Waals surface area contributed by atoms with Crippen molar-refractivity contribution in [2.24, 2.45) is 0 Å². The van der Waals surface area contributed by atoms with Crippen molar-refractivity contribution in [1.29, 1.82) is 0 Å². The van der Waals surface area contributed by atoms with Gasteiger partial charge in [-0.05, 0) is 84.7 Å². The summed E-state index contributed by atoms with van der Waals surface area (Å²) in [6.45, 7) is 4.59. The Kier molecular flexibility index (Phi) is 6.93. The number of rotatable bonds is 6. The minimum Gasteiger partial charge on any atom is -0.444 e. The fraction of sp³-hybridized carbons (Fsp3) is 0.320. The lowest BCUT2D eigenvalue weighted by Gasteiger charge is -2.25. The fourth-order valence-corrected chi connectivity index (χ4v) is 4.41. The van der Waals surface area contributed by atoms with Crippen molar-refractivity contribution in [2.45, 2.75) is 51.7 Å². The van der Waals surface area contributed by atoms with Crippen LogP contribution in [-0.4, -0.2) is 33.8 Å². The van der Waals surface area contributed by atoms with Crippen LogP contribution in [0.3, 0.4) is 0 Å². The van der Waals surface area contributed by atoms with Crippen LogP contribution < -0.4 is 5.32 Å². The van der Waals surface area contributed by atoms with Crippen LogP contribution in [0.4, 0.5) is 0 Å². The van der Waals surface area contributed by atoms with Gasteiger partial charge in [0.05, 0.1) is 6.42 Å². The molecule has 1 aromatic heterocycles. The summed E-state index contributed by atoms with van der Waals surface area (Å²) in [6, 6.07) is 16.0. The monoisotopic (exact) mass is 543 g/mol. The predicted molar refractivity (Wildman–Crippen MR) is 131 cm³/mol. The average Bonchev–Trinajstić information content (AvgIpc) is 3.41. The molecule has 3 aromatic rings. The molecule has 1 aliphatic rings. The van der Waals surface area contributed by atoms with Crippen molar-refractivity contribution in [3.8, 4) is 11.5 Å². The number of hydrogen-bond donors (Lipinski definition) is 1. The SMILES string of the molecule is C[C@H]1CC[C@H](C)N1C(=O)c1coc(-c2ccc(CNC(=O)Cc3ccc(I)cc3)cc2)n1. The van der Waals surface area contributed by atoms with E-state index in [1.165, 1.54) is 6.26 Å². The number of amides is 2. The molecule has 1 N–H and O–H groups in total. The van der Waals surface area contributed by atoms with Gasteiger partial charge in [0, 0.05) is 27.8 Å². The van der Waals surface area contributed by atoms with Crippen molar-refractivity contribution in [2.75, 3.05) is 0 Å². The highest BCUT2D eigenvalue weighted by Gasteiger charge is 2.33. The normalized spacial score (nSPS) is 18.0. The lowest BCUT2D eigenvalue weighted by atomic mass is 10.1. The number of carbonyl (C=O) groups is 2. The minimum absolute atomic E-state index is 0.0171. The first-order valence-corrected chi connectivity index (χ1v) is 11.9. The number of nitrogens with zero attached hydrogens (tertiary/aromatic N) is 2. The maximum absolute atomic E-state index is 12.8. The number of carbonyl (C=O) groups excluding carboxylic acids is 2. The molecule has 0 saturated carbocycles. The topological polar surface area (TPSA) is 75.4 Å². The molecule has 2 heterocycles. The van der Waals surface area contributed by atoms with Crippen molar-refractivity contribution in [3.05, 3.63) is 75.2 Å². The molecule has 6 nitrogen and oxygen atoms in total. The second-order valence-electron chi connectivity index (χ2n) is 8.30. The highest BCUT2D eigenvalue weighted by atomic mass is 127. The van der Waals surface area contributed by atoms with Gasteiger partial charge in [-0.15, -0.1) is 0 Å². The summed E-state index contributed by atoms with van der Waals surface area (Å²) in [5.74, 6) is 0.323. The second-order valence-corrected chi connectivity index (χ2v) is 9.55. The Labute approximate surface area is 201 Å². The van der Waals surface area contributed by atoms with Crippen molar-refractivity contribution < 1.29 is 14.0 Å². The molecule has 2 amide bonds. The number of halogens is 1. The molecule has 1 fully saturated rings. The lowest BCUT2D eigenvalue weighted by molar-refractivity contribution is -0.120. The summed E-state index contributed by atoms with van der Waals surface area (Å²) in [7, 11) is 0. The maximum Gasteiger partial charge on any atom is 0.276 e. The molecule has 32 heavy (non-hydrogen) atoms. The summed E-state index contributed by atoms with van der Waals surface area (Å²) in [4.78, 5) is 31.3. The Balaban J connectivity index is 1.34. The maximum atomic E-state index is 12.8. The first-order chi connectivity index (χ1) is 15.4. The van der Waals surface area contributed by atoms with Crippen molar-refractivity contribution in [3.63, 3.8) is 0 Å². The van der Waals surface area contributed by atoms with Crippen LogP contribution in [0, 0.1) is 3.57 Å². The molecule has 0 unspecified atom stereocenters. The van der Waals surface area contributed by atoms with Crippen LogP contribution >= 0.6 is 22.6 Å². The zero-order valence-corrected chi connectivity index (χ0v) is 20.3. The van der Waals surface area contributed by atoms with Gasteiger partial charge < -0.3 is 14.6 Å². The number of oxazole rings is 1. The Morgan fingerprint density at radius 2 is 1.66 bits per heavy atom. The van der Waals surface area contributed by atoms with Crippen molar-refractivity contribution in [1.82, 2.24) is 15.2 Å². The van der Waals surface area contributed by atoms with Crippen LogP contribution in [0.1, 0.15) is 48.3 Å². The fourth-order valence-electron chi connectivity index (χ4n) is 4.05. The van der Waals surface area contributed by atoms with E-state index in [1.807, 2.05) is 53.4 Å². The summed E-state index contributed by atoms with van der Waals surface area (Å²) in [5.41, 5.74) is 3.10. The zero-order chi connectivity index (χ0) is 22.7. The number of hydrogen-bond acceptors (Lipinski definition) is 4. The summed E-state index contributed by atoms with van der Waals surface area (Å²) >= 11 is 2.25. The average molecular weight is 543 g/mol. The largest absolute Gasteiger partial charge is 0.444 e. The van der Waals surface area contributed by atoms with Crippen LogP contribution in [0.5, 0.6) is 0 Å². The first kappa shape index (κ1) is 22.5. The smallest absolute Gasteiger partial charge is 0.276 e.